The lowest BCUT2D eigenvalue weighted by molar-refractivity contribution is 0.469. The molecule has 2 aromatic heterocycles. The summed E-state index contributed by atoms with van der Waals surface area (Å²) in [6, 6.07) is 10.8. The quantitative estimate of drug-likeness (QED) is 0.640. The first kappa shape index (κ1) is 12.2. The second kappa shape index (κ2) is 5.03. The minimum Gasteiger partial charge on any atom is -0.438 e. The summed E-state index contributed by atoms with van der Waals surface area (Å²) in [5.74, 6) is 1.02. The van der Waals surface area contributed by atoms with E-state index in [-0.39, 0.29) is 0 Å². The topological polar surface area (TPSA) is 35.0 Å². The van der Waals surface area contributed by atoms with Crippen LogP contribution in [-0.2, 0) is 0 Å². The van der Waals surface area contributed by atoms with Crippen LogP contribution in [0.2, 0.25) is 10.2 Å². The number of halogens is 2. The largest absolute Gasteiger partial charge is 0.438 e. The van der Waals surface area contributed by atoms with Gasteiger partial charge in [0.05, 0.1) is 5.39 Å². The fraction of sp³-hybridized carbons (Fsp3) is 0. The van der Waals surface area contributed by atoms with Crippen molar-refractivity contribution >= 4 is 34.0 Å². The maximum atomic E-state index is 6.10. The Hall–Kier alpha value is -1.84. The number of aromatic nitrogens is 2. The first-order valence-electron chi connectivity index (χ1n) is 5.57. The van der Waals surface area contributed by atoms with Gasteiger partial charge in [0.1, 0.15) is 10.9 Å². The van der Waals surface area contributed by atoms with E-state index in [0.717, 1.165) is 5.39 Å². The molecule has 2 heterocycles. The second-order valence-electron chi connectivity index (χ2n) is 3.88. The Morgan fingerprint density at radius 2 is 1.74 bits per heavy atom. The minimum absolute atomic E-state index is 0.364. The number of ether oxygens (including phenoxy) is 1. The van der Waals surface area contributed by atoms with Gasteiger partial charge >= 0.3 is 0 Å². The SMILES string of the molecule is Clc1cccc(Oc2nccc3ccnc(Cl)c23)c1. The molecule has 5 heteroatoms. The maximum Gasteiger partial charge on any atom is 0.230 e. The fourth-order valence-electron chi connectivity index (χ4n) is 1.77. The van der Waals surface area contributed by atoms with Crippen LogP contribution in [0.5, 0.6) is 11.6 Å². The van der Waals surface area contributed by atoms with Crippen LogP contribution >= 0.6 is 23.2 Å². The van der Waals surface area contributed by atoms with Gasteiger partial charge in [-0.3, -0.25) is 0 Å². The molecule has 0 unspecified atom stereocenters. The Balaban J connectivity index is 2.11. The van der Waals surface area contributed by atoms with Crippen LogP contribution in [0.25, 0.3) is 10.8 Å². The molecule has 0 bridgehead atoms. The summed E-state index contributed by atoms with van der Waals surface area (Å²) in [7, 11) is 0. The summed E-state index contributed by atoms with van der Waals surface area (Å²) in [5, 5.41) is 2.57. The zero-order valence-corrected chi connectivity index (χ0v) is 11.2. The molecule has 0 fully saturated rings. The van der Waals surface area contributed by atoms with E-state index in [1.54, 1.807) is 30.6 Å². The second-order valence-corrected chi connectivity index (χ2v) is 4.67. The van der Waals surface area contributed by atoms with Gasteiger partial charge in [0.2, 0.25) is 5.88 Å². The van der Waals surface area contributed by atoms with Crippen molar-refractivity contribution in [2.75, 3.05) is 0 Å². The number of pyridine rings is 2. The first-order valence-corrected chi connectivity index (χ1v) is 6.32. The standard InChI is InChI=1S/C14H8Cl2N2O/c15-10-2-1-3-11(8-10)19-14-12-9(5-7-18-14)4-6-17-13(12)16/h1-8H. The third-order valence-electron chi connectivity index (χ3n) is 2.61. The maximum absolute atomic E-state index is 6.10. The molecule has 1 aromatic carbocycles. The summed E-state index contributed by atoms with van der Waals surface area (Å²) in [5.41, 5.74) is 0. The molecule has 94 valence electrons. The highest BCUT2D eigenvalue weighted by Gasteiger charge is 2.09. The highest BCUT2D eigenvalue weighted by Crippen LogP contribution is 2.32. The van der Waals surface area contributed by atoms with E-state index in [0.29, 0.717) is 27.2 Å². The molecule has 0 atom stereocenters. The Bertz CT molecular complexity index is 741. The predicted molar refractivity (Wildman–Crippen MR) is 76.1 cm³/mol. The molecule has 0 saturated heterocycles. The van der Waals surface area contributed by atoms with Crippen molar-refractivity contribution in [3.05, 3.63) is 59.0 Å². The lowest BCUT2D eigenvalue weighted by Crippen LogP contribution is -1.90. The molecular formula is C14H8Cl2N2O. The van der Waals surface area contributed by atoms with Gasteiger partial charge in [0, 0.05) is 17.4 Å². The van der Waals surface area contributed by atoms with Crippen molar-refractivity contribution in [3.8, 4) is 11.6 Å². The van der Waals surface area contributed by atoms with E-state index in [4.69, 9.17) is 27.9 Å². The average Bonchev–Trinajstić information content (AvgIpc) is 2.39. The summed E-state index contributed by atoms with van der Waals surface area (Å²) >= 11 is 12.0. The molecule has 19 heavy (non-hydrogen) atoms. The van der Waals surface area contributed by atoms with Crippen LogP contribution in [-0.4, -0.2) is 9.97 Å². The van der Waals surface area contributed by atoms with Crippen LogP contribution in [0, 0.1) is 0 Å². The highest BCUT2D eigenvalue weighted by atomic mass is 35.5. The Morgan fingerprint density at radius 1 is 0.947 bits per heavy atom. The molecular weight excluding hydrogens is 283 g/mol. The van der Waals surface area contributed by atoms with Gasteiger partial charge in [0.15, 0.2) is 0 Å². The lowest BCUT2D eigenvalue weighted by atomic mass is 10.2. The molecule has 3 aromatic rings. The normalized spacial score (nSPS) is 10.6. The van der Waals surface area contributed by atoms with Crippen molar-refractivity contribution < 1.29 is 4.74 Å². The smallest absolute Gasteiger partial charge is 0.230 e. The first-order chi connectivity index (χ1) is 9.24. The number of hydrogen-bond acceptors (Lipinski definition) is 3. The number of rotatable bonds is 2. The fourth-order valence-corrected chi connectivity index (χ4v) is 2.20. The molecule has 0 radical (unpaired) electrons. The molecule has 0 N–H and O–H groups in total. The van der Waals surface area contributed by atoms with Crippen molar-refractivity contribution in [1.82, 2.24) is 9.97 Å². The average molecular weight is 291 g/mol. The van der Waals surface area contributed by atoms with E-state index in [1.165, 1.54) is 0 Å². The van der Waals surface area contributed by atoms with Crippen molar-refractivity contribution in [2.24, 2.45) is 0 Å². The van der Waals surface area contributed by atoms with E-state index >= 15 is 0 Å². The van der Waals surface area contributed by atoms with E-state index < -0.39 is 0 Å². The molecule has 0 aliphatic carbocycles. The van der Waals surface area contributed by atoms with Gasteiger partial charge in [-0.05, 0) is 35.7 Å². The zero-order valence-electron chi connectivity index (χ0n) is 9.68. The summed E-state index contributed by atoms with van der Waals surface area (Å²) < 4.78 is 5.73. The molecule has 3 rings (SSSR count). The van der Waals surface area contributed by atoms with Gasteiger partial charge in [-0.2, -0.15) is 0 Å². The van der Waals surface area contributed by atoms with Gasteiger partial charge in [-0.25, -0.2) is 9.97 Å². The molecule has 0 aliphatic rings. The van der Waals surface area contributed by atoms with Gasteiger partial charge in [-0.15, -0.1) is 0 Å². The number of fused-ring (bicyclic) bond motifs is 1. The third kappa shape index (κ3) is 2.48. The minimum atomic E-state index is 0.364. The van der Waals surface area contributed by atoms with Gasteiger partial charge in [-0.1, -0.05) is 29.3 Å². The van der Waals surface area contributed by atoms with Crippen molar-refractivity contribution in [3.63, 3.8) is 0 Å². The Kier molecular flexibility index (Phi) is 3.23. The lowest BCUT2D eigenvalue weighted by Gasteiger charge is -2.08. The molecule has 0 saturated carbocycles. The van der Waals surface area contributed by atoms with Crippen LogP contribution < -0.4 is 4.74 Å². The van der Waals surface area contributed by atoms with Gasteiger partial charge < -0.3 is 4.74 Å². The number of nitrogens with zero attached hydrogens (tertiary/aromatic N) is 2. The summed E-state index contributed by atoms with van der Waals surface area (Å²) in [4.78, 5) is 8.25. The Labute approximate surface area is 119 Å². The summed E-state index contributed by atoms with van der Waals surface area (Å²) in [6.07, 6.45) is 3.31. The summed E-state index contributed by atoms with van der Waals surface area (Å²) in [6.45, 7) is 0. The number of hydrogen-bond donors (Lipinski definition) is 0. The van der Waals surface area contributed by atoms with Crippen LogP contribution in [0.3, 0.4) is 0 Å². The van der Waals surface area contributed by atoms with Gasteiger partial charge in [0.25, 0.3) is 0 Å². The predicted octanol–water partition coefficient (Wildman–Crippen LogP) is 4.73. The Morgan fingerprint density at radius 3 is 2.53 bits per heavy atom. The van der Waals surface area contributed by atoms with Crippen molar-refractivity contribution in [1.29, 1.82) is 0 Å². The third-order valence-corrected chi connectivity index (χ3v) is 3.13. The van der Waals surface area contributed by atoms with Crippen molar-refractivity contribution in [2.45, 2.75) is 0 Å². The van der Waals surface area contributed by atoms with Crippen LogP contribution in [0.15, 0.2) is 48.8 Å². The number of benzene rings is 1. The molecule has 0 aliphatic heterocycles. The molecule has 0 amide bonds. The van der Waals surface area contributed by atoms with Crippen LogP contribution in [0.1, 0.15) is 0 Å². The molecule has 0 spiro atoms. The van der Waals surface area contributed by atoms with E-state index in [2.05, 4.69) is 9.97 Å². The monoisotopic (exact) mass is 290 g/mol. The van der Waals surface area contributed by atoms with E-state index in [9.17, 15) is 0 Å². The molecule has 3 nitrogen and oxygen atoms in total. The van der Waals surface area contributed by atoms with Crippen LogP contribution in [0.4, 0.5) is 0 Å². The van der Waals surface area contributed by atoms with E-state index in [1.807, 2.05) is 18.2 Å². The highest BCUT2D eigenvalue weighted by molar-refractivity contribution is 6.34. The zero-order chi connectivity index (χ0) is 13.2.